The molecular weight excluding hydrogens is 414 g/mol. The number of methoxy groups -OCH3 is 1. The van der Waals surface area contributed by atoms with Gasteiger partial charge in [-0.2, -0.15) is 0 Å². The van der Waals surface area contributed by atoms with Gasteiger partial charge in [-0.25, -0.2) is 0 Å². The van der Waals surface area contributed by atoms with Crippen LogP contribution in [-0.4, -0.2) is 43.5 Å². The van der Waals surface area contributed by atoms with E-state index in [1.807, 2.05) is 59.5 Å². The van der Waals surface area contributed by atoms with Gasteiger partial charge in [0.1, 0.15) is 6.17 Å². The van der Waals surface area contributed by atoms with Crippen LogP contribution in [0.1, 0.15) is 44.4 Å². The van der Waals surface area contributed by atoms with E-state index >= 15 is 0 Å². The standard InChI is InChI=1S/C27H29N3O3/c1-33-19-7-18-30-25(23-10-5-6-11-24(23)27(30)32)29-22-14-12-21(13-15-22)26(31)28-17-16-20-8-3-2-4-9-20/h2-6,8-15,25,29H,7,16-19H2,1H3,(H,28,31). The lowest BCUT2D eigenvalue weighted by molar-refractivity contribution is 0.0721. The van der Waals surface area contributed by atoms with Gasteiger partial charge in [-0.1, -0.05) is 48.5 Å². The molecule has 0 spiro atoms. The largest absolute Gasteiger partial charge is 0.385 e. The van der Waals surface area contributed by atoms with Crippen LogP contribution in [0.3, 0.4) is 0 Å². The maximum Gasteiger partial charge on any atom is 0.256 e. The van der Waals surface area contributed by atoms with Crippen molar-refractivity contribution in [2.75, 3.05) is 32.1 Å². The molecule has 0 aromatic heterocycles. The average Bonchev–Trinajstić information content (AvgIpc) is 3.11. The summed E-state index contributed by atoms with van der Waals surface area (Å²) < 4.78 is 5.16. The summed E-state index contributed by atoms with van der Waals surface area (Å²) in [6.07, 6.45) is 1.30. The monoisotopic (exact) mass is 443 g/mol. The zero-order valence-corrected chi connectivity index (χ0v) is 18.8. The summed E-state index contributed by atoms with van der Waals surface area (Å²) in [4.78, 5) is 27.3. The first-order chi connectivity index (χ1) is 16.2. The van der Waals surface area contributed by atoms with Crippen LogP contribution in [0.25, 0.3) is 0 Å². The van der Waals surface area contributed by atoms with Crippen LogP contribution in [0.4, 0.5) is 5.69 Å². The van der Waals surface area contributed by atoms with Gasteiger partial charge in [-0.3, -0.25) is 9.59 Å². The summed E-state index contributed by atoms with van der Waals surface area (Å²) in [5.41, 5.74) is 4.33. The molecule has 6 heteroatoms. The van der Waals surface area contributed by atoms with E-state index in [1.54, 1.807) is 19.2 Å². The summed E-state index contributed by atoms with van der Waals surface area (Å²) in [5.74, 6) is -0.0753. The Morgan fingerprint density at radius 3 is 2.45 bits per heavy atom. The number of benzene rings is 3. The van der Waals surface area contributed by atoms with E-state index < -0.39 is 0 Å². The number of fused-ring (bicyclic) bond motifs is 1. The van der Waals surface area contributed by atoms with Crippen LogP contribution in [-0.2, 0) is 11.2 Å². The molecule has 2 amide bonds. The molecule has 1 unspecified atom stereocenters. The topological polar surface area (TPSA) is 70.7 Å². The first kappa shape index (κ1) is 22.6. The highest BCUT2D eigenvalue weighted by Gasteiger charge is 2.35. The number of rotatable bonds is 10. The highest BCUT2D eigenvalue weighted by molar-refractivity contribution is 5.99. The molecule has 6 nitrogen and oxygen atoms in total. The van der Waals surface area contributed by atoms with E-state index in [4.69, 9.17) is 4.74 Å². The molecule has 4 rings (SSSR count). The Kier molecular flexibility index (Phi) is 7.37. The summed E-state index contributed by atoms with van der Waals surface area (Å²) in [7, 11) is 1.66. The Hall–Kier alpha value is -3.64. The number of hydrogen-bond acceptors (Lipinski definition) is 4. The molecule has 33 heavy (non-hydrogen) atoms. The van der Waals surface area contributed by atoms with Crippen molar-refractivity contribution in [2.24, 2.45) is 0 Å². The highest BCUT2D eigenvalue weighted by Crippen LogP contribution is 2.34. The van der Waals surface area contributed by atoms with Crippen LogP contribution < -0.4 is 10.6 Å². The molecular formula is C27H29N3O3. The van der Waals surface area contributed by atoms with Crippen molar-refractivity contribution < 1.29 is 14.3 Å². The zero-order valence-electron chi connectivity index (χ0n) is 18.8. The van der Waals surface area contributed by atoms with Gasteiger partial charge in [-0.05, 0) is 48.7 Å². The lowest BCUT2D eigenvalue weighted by Gasteiger charge is -2.27. The molecule has 0 aliphatic carbocycles. The number of ether oxygens (including phenoxy) is 1. The maximum absolute atomic E-state index is 12.9. The van der Waals surface area contributed by atoms with Crippen LogP contribution in [0, 0.1) is 0 Å². The van der Waals surface area contributed by atoms with Crippen molar-refractivity contribution in [2.45, 2.75) is 19.0 Å². The number of anilines is 1. The second-order valence-corrected chi connectivity index (χ2v) is 8.05. The van der Waals surface area contributed by atoms with Crippen LogP contribution in [0.2, 0.25) is 0 Å². The van der Waals surface area contributed by atoms with E-state index in [1.165, 1.54) is 5.56 Å². The van der Waals surface area contributed by atoms with Crippen molar-refractivity contribution in [3.8, 4) is 0 Å². The number of amides is 2. The molecule has 0 saturated carbocycles. The third-order valence-electron chi connectivity index (χ3n) is 5.80. The second kappa shape index (κ2) is 10.8. The summed E-state index contributed by atoms with van der Waals surface area (Å²) in [6, 6.07) is 25.1. The molecule has 3 aromatic carbocycles. The lowest BCUT2D eigenvalue weighted by Crippen LogP contribution is -2.33. The van der Waals surface area contributed by atoms with E-state index in [0.29, 0.717) is 25.3 Å². The Bertz CT molecular complexity index is 1080. The highest BCUT2D eigenvalue weighted by atomic mass is 16.5. The molecule has 1 aliphatic heterocycles. The van der Waals surface area contributed by atoms with Crippen molar-refractivity contribution >= 4 is 17.5 Å². The number of nitrogens with zero attached hydrogens (tertiary/aromatic N) is 1. The summed E-state index contributed by atoms with van der Waals surface area (Å²) >= 11 is 0. The maximum atomic E-state index is 12.9. The van der Waals surface area contributed by atoms with Gasteiger partial charge in [0, 0.05) is 49.2 Å². The lowest BCUT2D eigenvalue weighted by atomic mass is 10.1. The molecule has 0 bridgehead atoms. The first-order valence-electron chi connectivity index (χ1n) is 11.2. The van der Waals surface area contributed by atoms with Gasteiger partial charge >= 0.3 is 0 Å². The number of nitrogens with one attached hydrogen (secondary N) is 2. The minimum absolute atomic E-state index is 0.0219. The van der Waals surface area contributed by atoms with E-state index in [0.717, 1.165) is 29.7 Å². The Morgan fingerprint density at radius 2 is 1.70 bits per heavy atom. The predicted molar refractivity (Wildman–Crippen MR) is 129 cm³/mol. The molecule has 2 N–H and O–H groups in total. The van der Waals surface area contributed by atoms with Gasteiger partial charge in [0.2, 0.25) is 0 Å². The van der Waals surface area contributed by atoms with Crippen molar-refractivity contribution in [3.63, 3.8) is 0 Å². The van der Waals surface area contributed by atoms with Crippen molar-refractivity contribution in [1.82, 2.24) is 10.2 Å². The Balaban J connectivity index is 1.39. The predicted octanol–water partition coefficient (Wildman–Crippen LogP) is 4.26. The van der Waals surface area contributed by atoms with Gasteiger partial charge < -0.3 is 20.3 Å². The Morgan fingerprint density at radius 1 is 0.970 bits per heavy atom. The molecule has 0 radical (unpaired) electrons. The molecule has 0 saturated heterocycles. The quantitative estimate of drug-likeness (QED) is 0.459. The smallest absolute Gasteiger partial charge is 0.256 e. The molecule has 1 heterocycles. The fraction of sp³-hybridized carbons (Fsp3) is 0.259. The van der Waals surface area contributed by atoms with E-state index in [-0.39, 0.29) is 18.0 Å². The number of carbonyl (C=O) groups is 2. The van der Waals surface area contributed by atoms with Crippen molar-refractivity contribution in [3.05, 3.63) is 101 Å². The fourth-order valence-electron chi connectivity index (χ4n) is 4.08. The SMILES string of the molecule is COCCCN1C(=O)c2ccccc2C1Nc1ccc(C(=O)NCCc2ccccc2)cc1. The normalized spacial score (nSPS) is 14.8. The third-order valence-corrected chi connectivity index (χ3v) is 5.80. The van der Waals surface area contributed by atoms with Gasteiger partial charge in [0.05, 0.1) is 0 Å². The molecule has 1 aliphatic rings. The van der Waals surface area contributed by atoms with Crippen LogP contribution >= 0.6 is 0 Å². The average molecular weight is 444 g/mol. The fourth-order valence-corrected chi connectivity index (χ4v) is 4.08. The molecule has 170 valence electrons. The molecule has 0 fully saturated rings. The third kappa shape index (κ3) is 5.41. The van der Waals surface area contributed by atoms with Crippen molar-refractivity contribution in [1.29, 1.82) is 0 Å². The van der Waals surface area contributed by atoms with E-state index in [9.17, 15) is 9.59 Å². The number of carbonyl (C=O) groups excluding carboxylic acids is 2. The first-order valence-corrected chi connectivity index (χ1v) is 11.2. The van der Waals surface area contributed by atoms with Gasteiger partial charge in [0.25, 0.3) is 11.8 Å². The van der Waals surface area contributed by atoms with Crippen LogP contribution in [0.15, 0.2) is 78.9 Å². The molecule has 1 atom stereocenters. The van der Waals surface area contributed by atoms with Crippen LogP contribution in [0.5, 0.6) is 0 Å². The minimum Gasteiger partial charge on any atom is -0.385 e. The Labute approximate surface area is 194 Å². The minimum atomic E-state index is -0.254. The van der Waals surface area contributed by atoms with Gasteiger partial charge in [0.15, 0.2) is 0 Å². The van der Waals surface area contributed by atoms with Gasteiger partial charge in [-0.15, -0.1) is 0 Å². The number of hydrogen-bond donors (Lipinski definition) is 2. The summed E-state index contributed by atoms with van der Waals surface area (Å²) in [5, 5.41) is 6.44. The summed E-state index contributed by atoms with van der Waals surface area (Å²) in [6.45, 7) is 1.78. The molecule has 3 aromatic rings. The zero-order chi connectivity index (χ0) is 23.0. The van der Waals surface area contributed by atoms with E-state index in [2.05, 4.69) is 22.8 Å². The second-order valence-electron chi connectivity index (χ2n) is 8.05.